The van der Waals surface area contributed by atoms with E-state index < -0.39 is 5.97 Å². The van der Waals surface area contributed by atoms with Gasteiger partial charge in [-0.25, -0.2) is 4.79 Å². The molecule has 0 amide bonds. The number of benzene rings is 1. The van der Waals surface area contributed by atoms with Crippen LogP contribution in [0.3, 0.4) is 0 Å². The number of rotatable bonds is 4. The molecule has 1 aromatic heterocycles. The number of fused-ring (bicyclic) bond motifs is 3. The topological polar surface area (TPSA) is 70.4 Å². The van der Waals surface area contributed by atoms with Crippen LogP contribution in [-0.2, 0) is 13.6 Å². The number of carbonyl (C=O) groups is 1. The molecule has 1 aromatic carbocycles. The van der Waals surface area contributed by atoms with E-state index in [1.54, 1.807) is 16.8 Å². The first-order valence-corrected chi connectivity index (χ1v) is 9.18. The Hall–Kier alpha value is -1.32. The molecule has 2 saturated heterocycles. The molecule has 2 bridgehead atoms. The Bertz CT molecular complexity index is 798. The molecule has 6 nitrogen and oxygen atoms in total. The predicted molar refractivity (Wildman–Crippen MR) is 97.8 cm³/mol. The van der Waals surface area contributed by atoms with Gasteiger partial charge in [0.1, 0.15) is 0 Å². The van der Waals surface area contributed by atoms with E-state index in [1.165, 1.54) is 32.1 Å². The molecular weight excluding hydrogens is 323 g/mol. The van der Waals surface area contributed by atoms with Gasteiger partial charge in [-0.1, -0.05) is 12.5 Å². The summed E-state index contributed by atoms with van der Waals surface area (Å²) >= 11 is 0. The summed E-state index contributed by atoms with van der Waals surface area (Å²) < 4.78 is 1.78. The fourth-order valence-corrected chi connectivity index (χ4v) is 4.72. The van der Waals surface area contributed by atoms with Crippen molar-refractivity contribution in [2.24, 2.45) is 7.05 Å². The maximum atomic E-state index is 11.6. The summed E-state index contributed by atoms with van der Waals surface area (Å²) in [6.45, 7) is 0.620. The Morgan fingerprint density at radius 3 is 2.65 bits per heavy atom. The SMILES string of the molecule is CN1C2CCCC1CC(NCc1nn(C)c3cccc(C(=O)O)c13)C2.[H-].[Li+]. The summed E-state index contributed by atoms with van der Waals surface area (Å²) in [5.74, 6) is -0.895. The van der Waals surface area contributed by atoms with Crippen LogP contribution in [-0.4, -0.2) is 50.9 Å². The van der Waals surface area contributed by atoms with E-state index in [2.05, 4.69) is 22.4 Å². The molecule has 3 heterocycles. The van der Waals surface area contributed by atoms with Gasteiger partial charge in [0.25, 0.3) is 0 Å². The zero-order valence-corrected chi connectivity index (χ0v) is 15.9. The Morgan fingerprint density at radius 2 is 2.00 bits per heavy atom. The van der Waals surface area contributed by atoms with E-state index in [0.29, 0.717) is 30.2 Å². The van der Waals surface area contributed by atoms with Gasteiger partial charge in [0.15, 0.2) is 0 Å². The van der Waals surface area contributed by atoms with Crippen LogP contribution in [0.5, 0.6) is 0 Å². The molecule has 136 valence electrons. The molecule has 0 spiro atoms. The van der Waals surface area contributed by atoms with Crippen LogP contribution in [0.15, 0.2) is 18.2 Å². The third kappa shape index (κ3) is 3.44. The number of carboxylic acid groups (broad SMARTS) is 1. The van der Waals surface area contributed by atoms with E-state index in [0.717, 1.165) is 16.6 Å². The fourth-order valence-electron chi connectivity index (χ4n) is 4.72. The number of nitrogens with one attached hydrogen (secondary N) is 1. The number of aryl methyl sites for hydroxylation is 1. The molecular formula is C19H27LiN4O2. The summed E-state index contributed by atoms with van der Waals surface area (Å²) in [7, 11) is 4.13. The molecule has 2 aromatic rings. The number of aromatic carboxylic acids is 1. The minimum absolute atomic E-state index is 0. The van der Waals surface area contributed by atoms with Gasteiger partial charge in [-0.15, -0.1) is 0 Å². The molecule has 0 saturated carbocycles. The Labute approximate surface area is 167 Å². The Kier molecular flexibility index (Phi) is 5.78. The standard InChI is InChI=1S/C19H26N4O2.Li.H/c1-22-13-5-3-6-14(22)10-12(9-13)20-11-16-18-15(19(24)25)7-4-8-17(18)23(2)21-16;;/h4,7-8,12-14,20H,3,5-6,9-11H2,1-2H3,(H,24,25);;/q;+1;-1. The van der Waals surface area contributed by atoms with Crippen molar-refractivity contribution < 1.29 is 30.2 Å². The van der Waals surface area contributed by atoms with Crippen LogP contribution in [0.25, 0.3) is 10.9 Å². The largest absolute Gasteiger partial charge is 1.00 e. The molecule has 2 atom stereocenters. The summed E-state index contributed by atoms with van der Waals surface area (Å²) in [4.78, 5) is 14.1. The first kappa shape index (κ1) is 19.4. The zero-order valence-electron chi connectivity index (χ0n) is 16.9. The second-order valence-corrected chi connectivity index (χ2v) is 7.53. The van der Waals surface area contributed by atoms with Gasteiger partial charge in [-0.05, 0) is 44.9 Å². The van der Waals surface area contributed by atoms with Crippen LogP contribution >= 0.6 is 0 Å². The third-order valence-corrected chi connectivity index (χ3v) is 6.08. The van der Waals surface area contributed by atoms with Crippen molar-refractivity contribution in [1.82, 2.24) is 20.0 Å². The van der Waals surface area contributed by atoms with Crippen molar-refractivity contribution in [3.63, 3.8) is 0 Å². The smallest absolute Gasteiger partial charge is 1.00 e. The first-order valence-electron chi connectivity index (χ1n) is 9.18. The van der Waals surface area contributed by atoms with E-state index in [4.69, 9.17) is 0 Å². The molecule has 26 heavy (non-hydrogen) atoms. The number of nitrogens with zero attached hydrogens (tertiary/aromatic N) is 3. The zero-order chi connectivity index (χ0) is 17.6. The minimum atomic E-state index is -0.895. The molecule has 7 heteroatoms. The van der Waals surface area contributed by atoms with Crippen molar-refractivity contribution in [2.45, 2.75) is 56.8 Å². The van der Waals surface area contributed by atoms with E-state index in [-0.39, 0.29) is 20.3 Å². The van der Waals surface area contributed by atoms with Crippen LogP contribution in [0, 0.1) is 0 Å². The molecule has 2 aliphatic rings. The number of carboxylic acids is 1. The van der Waals surface area contributed by atoms with Crippen molar-refractivity contribution in [3.8, 4) is 0 Å². The molecule has 4 rings (SSSR count). The molecule has 0 radical (unpaired) electrons. The Balaban J connectivity index is 0.00000131. The second kappa shape index (κ2) is 7.73. The summed E-state index contributed by atoms with van der Waals surface area (Å²) in [5.41, 5.74) is 2.04. The number of hydrogen-bond donors (Lipinski definition) is 2. The molecule has 0 aliphatic carbocycles. The Morgan fingerprint density at radius 1 is 1.31 bits per heavy atom. The number of aromatic nitrogens is 2. The maximum Gasteiger partial charge on any atom is 1.00 e. The van der Waals surface area contributed by atoms with Crippen LogP contribution < -0.4 is 24.2 Å². The van der Waals surface area contributed by atoms with Gasteiger partial charge >= 0.3 is 24.8 Å². The van der Waals surface area contributed by atoms with E-state index in [1.807, 2.05) is 13.1 Å². The normalized spacial score (nSPS) is 25.8. The van der Waals surface area contributed by atoms with Gasteiger partial charge in [-0.2, -0.15) is 5.10 Å². The average molecular weight is 350 g/mol. The van der Waals surface area contributed by atoms with Crippen LogP contribution in [0.4, 0.5) is 0 Å². The quantitative estimate of drug-likeness (QED) is 0.727. The van der Waals surface area contributed by atoms with Crippen molar-refractivity contribution >= 4 is 16.9 Å². The van der Waals surface area contributed by atoms with E-state index >= 15 is 0 Å². The van der Waals surface area contributed by atoms with Gasteiger partial charge in [0, 0.05) is 37.1 Å². The average Bonchev–Trinajstić information content (AvgIpc) is 2.90. The summed E-state index contributed by atoms with van der Waals surface area (Å²) in [6.07, 6.45) is 6.27. The van der Waals surface area contributed by atoms with E-state index in [9.17, 15) is 9.90 Å². The minimum Gasteiger partial charge on any atom is -1.00 e. The summed E-state index contributed by atoms with van der Waals surface area (Å²) in [5, 5.41) is 18.5. The maximum absolute atomic E-state index is 11.6. The summed E-state index contributed by atoms with van der Waals surface area (Å²) in [6, 6.07) is 7.22. The molecule has 2 unspecified atom stereocenters. The molecule has 2 N–H and O–H groups in total. The van der Waals surface area contributed by atoms with Crippen LogP contribution in [0.2, 0.25) is 0 Å². The van der Waals surface area contributed by atoms with Crippen molar-refractivity contribution in [3.05, 3.63) is 29.5 Å². The van der Waals surface area contributed by atoms with Gasteiger partial charge in [0.05, 0.1) is 16.8 Å². The molecule has 2 fully saturated rings. The number of hydrogen-bond acceptors (Lipinski definition) is 4. The first-order chi connectivity index (χ1) is 12.0. The van der Waals surface area contributed by atoms with Crippen LogP contribution in [0.1, 0.15) is 49.6 Å². The third-order valence-electron chi connectivity index (χ3n) is 6.08. The van der Waals surface area contributed by atoms with Gasteiger partial charge in [0.2, 0.25) is 0 Å². The number of piperidine rings is 2. The van der Waals surface area contributed by atoms with Gasteiger partial charge in [-0.3, -0.25) is 4.68 Å². The van der Waals surface area contributed by atoms with Crippen molar-refractivity contribution in [1.29, 1.82) is 0 Å². The fraction of sp³-hybridized carbons (Fsp3) is 0.579. The second-order valence-electron chi connectivity index (χ2n) is 7.53. The molecule has 2 aliphatic heterocycles. The monoisotopic (exact) mass is 350 g/mol. The van der Waals surface area contributed by atoms with Crippen molar-refractivity contribution in [2.75, 3.05) is 7.05 Å². The van der Waals surface area contributed by atoms with Gasteiger partial charge < -0.3 is 16.7 Å². The predicted octanol–water partition coefficient (Wildman–Crippen LogP) is -0.507.